The SMILES string of the molecule is CC1(CN)CCN(CCOc2ccc3ccccc3c2)C1.Cl. The highest BCUT2D eigenvalue weighted by atomic mass is 35.5. The smallest absolute Gasteiger partial charge is 0.120 e. The van der Waals surface area contributed by atoms with Crippen LogP contribution in [0.1, 0.15) is 13.3 Å². The molecule has 22 heavy (non-hydrogen) atoms. The zero-order valence-corrected chi connectivity index (χ0v) is 13.9. The van der Waals surface area contributed by atoms with Gasteiger partial charge in [-0.15, -0.1) is 12.4 Å². The van der Waals surface area contributed by atoms with Gasteiger partial charge in [0.05, 0.1) is 0 Å². The number of fused-ring (bicyclic) bond motifs is 1. The summed E-state index contributed by atoms with van der Waals surface area (Å²) in [5.41, 5.74) is 6.14. The Kier molecular flexibility index (Phi) is 5.68. The van der Waals surface area contributed by atoms with Crippen LogP contribution < -0.4 is 10.5 Å². The van der Waals surface area contributed by atoms with Crippen LogP contribution in [0.15, 0.2) is 42.5 Å². The molecule has 0 bridgehead atoms. The predicted octanol–water partition coefficient (Wildman–Crippen LogP) is 3.31. The average molecular weight is 321 g/mol. The highest BCUT2D eigenvalue weighted by Crippen LogP contribution is 2.28. The lowest BCUT2D eigenvalue weighted by atomic mass is 9.90. The van der Waals surface area contributed by atoms with E-state index >= 15 is 0 Å². The van der Waals surface area contributed by atoms with E-state index < -0.39 is 0 Å². The Labute approximate surface area is 138 Å². The van der Waals surface area contributed by atoms with E-state index in [0.29, 0.717) is 5.41 Å². The average Bonchev–Trinajstić information content (AvgIpc) is 2.89. The summed E-state index contributed by atoms with van der Waals surface area (Å²) in [5, 5.41) is 2.48. The van der Waals surface area contributed by atoms with Crippen molar-refractivity contribution in [2.75, 3.05) is 32.8 Å². The number of benzene rings is 2. The third-order valence-electron chi connectivity index (χ3n) is 4.53. The molecule has 2 aromatic carbocycles. The Bertz CT molecular complexity index is 619. The van der Waals surface area contributed by atoms with Gasteiger partial charge in [-0.3, -0.25) is 4.90 Å². The van der Waals surface area contributed by atoms with Gasteiger partial charge in [-0.05, 0) is 47.8 Å². The van der Waals surface area contributed by atoms with Crippen molar-refractivity contribution in [2.45, 2.75) is 13.3 Å². The summed E-state index contributed by atoms with van der Waals surface area (Å²) in [6, 6.07) is 14.6. The number of nitrogens with two attached hydrogens (primary N) is 1. The molecular weight excluding hydrogens is 296 g/mol. The Hall–Kier alpha value is -1.29. The van der Waals surface area contributed by atoms with Crippen molar-refractivity contribution in [2.24, 2.45) is 11.1 Å². The Morgan fingerprint density at radius 3 is 2.68 bits per heavy atom. The zero-order chi connectivity index (χ0) is 14.7. The molecule has 1 aliphatic rings. The van der Waals surface area contributed by atoms with Gasteiger partial charge in [0, 0.05) is 13.1 Å². The molecule has 3 nitrogen and oxygen atoms in total. The standard InChI is InChI=1S/C18H24N2O.ClH/c1-18(13-19)8-9-20(14-18)10-11-21-17-7-6-15-4-2-3-5-16(15)12-17;/h2-7,12H,8-11,13-14,19H2,1H3;1H. The van der Waals surface area contributed by atoms with Crippen molar-refractivity contribution in [1.29, 1.82) is 0 Å². The minimum Gasteiger partial charge on any atom is -0.492 e. The van der Waals surface area contributed by atoms with Gasteiger partial charge in [0.25, 0.3) is 0 Å². The quantitative estimate of drug-likeness (QED) is 0.918. The fraction of sp³-hybridized carbons (Fsp3) is 0.444. The fourth-order valence-corrected chi connectivity index (χ4v) is 3.03. The van der Waals surface area contributed by atoms with Crippen LogP contribution in [0.2, 0.25) is 0 Å². The van der Waals surface area contributed by atoms with Gasteiger partial charge in [0.2, 0.25) is 0 Å². The number of hydrogen-bond donors (Lipinski definition) is 1. The second kappa shape index (κ2) is 7.32. The normalized spacial score (nSPS) is 21.7. The summed E-state index contributed by atoms with van der Waals surface area (Å²) in [6.45, 7) is 6.98. The highest BCUT2D eigenvalue weighted by Gasteiger charge is 2.31. The minimum absolute atomic E-state index is 0. The van der Waals surface area contributed by atoms with Gasteiger partial charge < -0.3 is 10.5 Å². The molecule has 1 aliphatic heterocycles. The van der Waals surface area contributed by atoms with Crippen LogP contribution >= 0.6 is 12.4 Å². The Morgan fingerprint density at radius 1 is 1.18 bits per heavy atom. The number of ether oxygens (including phenoxy) is 1. The summed E-state index contributed by atoms with van der Waals surface area (Å²) in [7, 11) is 0. The van der Waals surface area contributed by atoms with E-state index in [0.717, 1.165) is 38.5 Å². The Morgan fingerprint density at radius 2 is 1.95 bits per heavy atom. The first kappa shape index (κ1) is 17.1. The summed E-state index contributed by atoms with van der Waals surface area (Å²) in [6.07, 6.45) is 1.19. The van der Waals surface area contributed by atoms with E-state index in [1.165, 1.54) is 17.2 Å². The third-order valence-corrected chi connectivity index (χ3v) is 4.53. The second-order valence-corrected chi connectivity index (χ2v) is 6.40. The third kappa shape index (κ3) is 3.92. The summed E-state index contributed by atoms with van der Waals surface area (Å²) in [5.74, 6) is 0.953. The maximum Gasteiger partial charge on any atom is 0.120 e. The van der Waals surface area contributed by atoms with Gasteiger partial charge in [-0.1, -0.05) is 37.3 Å². The molecule has 1 unspecified atom stereocenters. The lowest BCUT2D eigenvalue weighted by Crippen LogP contribution is -2.33. The van der Waals surface area contributed by atoms with Crippen LogP contribution in [0.3, 0.4) is 0 Å². The molecule has 0 saturated carbocycles. The highest BCUT2D eigenvalue weighted by molar-refractivity contribution is 5.85. The lowest BCUT2D eigenvalue weighted by Gasteiger charge is -2.22. The van der Waals surface area contributed by atoms with Crippen LogP contribution in [0.4, 0.5) is 0 Å². The van der Waals surface area contributed by atoms with Crippen LogP contribution in [0.5, 0.6) is 5.75 Å². The maximum absolute atomic E-state index is 5.90. The van der Waals surface area contributed by atoms with E-state index in [9.17, 15) is 0 Å². The first-order valence-electron chi connectivity index (χ1n) is 7.73. The molecule has 0 spiro atoms. The van der Waals surface area contributed by atoms with Gasteiger partial charge in [-0.2, -0.15) is 0 Å². The monoisotopic (exact) mass is 320 g/mol. The summed E-state index contributed by atoms with van der Waals surface area (Å²) >= 11 is 0. The molecule has 4 heteroatoms. The molecular formula is C18H25ClN2O. The van der Waals surface area contributed by atoms with Gasteiger partial charge in [0.15, 0.2) is 0 Å². The van der Waals surface area contributed by atoms with Crippen molar-refractivity contribution in [3.8, 4) is 5.75 Å². The lowest BCUT2D eigenvalue weighted by molar-refractivity contribution is 0.219. The number of hydrogen-bond acceptors (Lipinski definition) is 3. The van der Waals surface area contributed by atoms with Crippen molar-refractivity contribution in [1.82, 2.24) is 4.90 Å². The molecule has 1 fully saturated rings. The zero-order valence-electron chi connectivity index (χ0n) is 13.1. The van der Waals surface area contributed by atoms with E-state index in [4.69, 9.17) is 10.5 Å². The number of halogens is 1. The van der Waals surface area contributed by atoms with Crippen LogP contribution in [0.25, 0.3) is 10.8 Å². The number of likely N-dealkylation sites (tertiary alicyclic amines) is 1. The number of rotatable bonds is 5. The van der Waals surface area contributed by atoms with Crippen molar-refractivity contribution >= 4 is 23.2 Å². The van der Waals surface area contributed by atoms with Crippen LogP contribution in [-0.4, -0.2) is 37.7 Å². The number of nitrogens with zero attached hydrogens (tertiary/aromatic N) is 1. The van der Waals surface area contributed by atoms with Crippen molar-refractivity contribution < 1.29 is 4.74 Å². The van der Waals surface area contributed by atoms with Gasteiger partial charge in [-0.25, -0.2) is 0 Å². The molecule has 2 N–H and O–H groups in total. The summed E-state index contributed by atoms with van der Waals surface area (Å²) in [4.78, 5) is 2.45. The molecule has 1 atom stereocenters. The van der Waals surface area contributed by atoms with E-state index in [-0.39, 0.29) is 12.4 Å². The first-order chi connectivity index (χ1) is 10.2. The molecule has 120 valence electrons. The maximum atomic E-state index is 5.90. The topological polar surface area (TPSA) is 38.5 Å². The Balaban J connectivity index is 0.00000176. The molecule has 2 aromatic rings. The molecule has 0 aliphatic carbocycles. The van der Waals surface area contributed by atoms with E-state index in [1.54, 1.807) is 0 Å². The molecule has 0 amide bonds. The molecule has 1 heterocycles. The molecule has 0 radical (unpaired) electrons. The molecule has 0 aromatic heterocycles. The van der Waals surface area contributed by atoms with Crippen molar-refractivity contribution in [3.05, 3.63) is 42.5 Å². The van der Waals surface area contributed by atoms with Crippen LogP contribution in [0, 0.1) is 5.41 Å². The summed E-state index contributed by atoms with van der Waals surface area (Å²) < 4.78 is 5.90. The minimum atomic E-state index is 0. The van der Waals surface area contributed by atoms with Gasteiger partial charge >= 0.3 is 0 Å². The fourth-order valence-electron chi connectivity index (χ4n) is 3.03. The van der Waals surface area contributed by atoms with Crippen LogP contribution in [-0.2, 0) is 0 Å². The molecule has 3 rings (SSSR count). The van der Waals surface area contributed by atoms with E-state index in [2.05, 4.69) is 54.3 Å². The largest absolute Gasteiger partial charge is 0.492 e. The molecule has 1 saturated heterocycles. The second-order valence-electron chi connectivity index (χ2n) is 6.40. The van der Waals surface area contributed by atoms with Crippen molar-refractivity contribution in [3.63, 3.8) is 0 Å². The predicted molar refractivity (Wildman–Crippen MR) is 94.9 cm³/mol. The van der Waals surface area contributed by atoms with E-state index in [1.807, 2.05) is 0 Å². The van der Waals surface area contributed by atoms with Gasteiger partial charge in [0.1, 0.15) is 12.4 Å². The first-order valence-corrected chi connectivity index (χ1v) is 7.73.